The van der Waals surface area contributed by atoms with Crippen molar-refractivity contribution >= 4 is 34.4 Å². The highest BCUT2D eigenvalue weighted by molar-refractivity contribution is 7.91. The van der Waals surface area contributed by atoms with Crippen molar-refractivity contribution in [1.29, 1.82) is 0 Å². The van der Waals surface area contributed by atoms with Gasteiger partial charge < -0.3 is 24.3 Å². The summed E-state index contributed by atoms with van der Waals surface area (Å²) < 4.78 is 43.7. The minimum Gasteiger partial charge on any atom is -0.444 e. The molecule has 2 saturated heterocycles. The van der Waals surface area contributed by atoms with E-state index < -0.39 is 51.1 Å². The van der Waals surface area contributed by atoms with E-state index in [9.17, 15) is 18.0 Å². The molecule has 1 aromatic heterocycles. The van der Waals surface area contributed by atoms with Gasteiger partial charge >= 0.3 is 13.2 Å². The van der Waals surface area contributed by atoms with Crippen molar-refractivity contribution < 1.29 is 32.1 Å². The summed E-state index contributed by atoms with van der Waals surface area (Å²) in [5.41, 5.74) is -1.27. The van der Waals surface area contributed by atoms with E-state index in [-0.39, 0.29) is 17.6 Å². The van der Waals surface area contributed by atoms with Crippen LogP contribution in [0.3, 0.4) is 0 Å². The average Bonchev–Trinajstić information content (AvgIpc) is 2.99. The van der Waals surface area contributed by atoms with E-state index in [0.717, 1.165) is 0 Å². The van der Waals surface area contributed by atoms with E-state index in [2.05, 4.69) is 15.3 Å². The summed E-state index contributed by atoms with van der Waals surface area (Å²) >= 11 is 0. The third-order valence-electron chi connectivity index (χ3n) is 6.66. The summed E-state index contributed by atoms with van der Waals surface area (Å²) in [5.74, 6) is -0.377. The zero-order chi connectivity index (χ0) is 27.1. The number of amides is 2. The van der Waals surface area contributed by atoms with Gasteiger partial charge in [0.1, 0.15) is 11.6 Å². The van der Waals surface area contributed by atoms with E-state index in [1.54, 1.807) is 27.7 Å². The van der Waals surface area contributed by atoms with Crippen molar-refractivity contribution in [3.63, 3.8) is 0 Å². The van der Waals surface area contributed by atoms with Gasteiger partial charge in [0.15, 0.2) is 0 Å². The van der Waals surface area contributed by atoms with Gasteiger partial charge in [0, 0.05) is 30.9 Å². The predicted molar refractivity (Wildman–Crippen MR) is 133 cm³/mol. The Labute approximate surface area is 213 Å². The zero-order valence-electron chi connectivity index (χ0n) is 22.3. The van der Waals surface area contributed by atoms with Crippen molar-refractivity contribution in [3.05, 3.63) is 12.4 Å². The molecule has 0 saturated carbocycles. The zero-order valence-corrected chi connectivity index (χ0v) is 23.1. The van der Waals surface area contributed by atoms with Gasteiger partial charge in [-0.1, -0.05) is 0 Å². The van der Waals surface area contributed by atoms with Crippen molar-refractivity contribution in [2.45, 2.75) is 101 Å². The number of nitrogens with one attached hydrogen (secondary N) is 1. The van der Waals surface area contributed by atoms with Crippen molar-refractivity contribution in [2.24, 2.45) is 0 Å². The van der Waals surface area contributed by atoms with Crippen LogP contribution in [0.2, 0.25) is 0 Å². The van der Waals surface area contributed by atoms with Gasteiger partial charge in [-0.05, 0) is 68.2 Å². The Morgan fingerprint density at radius 3 is 2.25 bits per heavy atom. The molecule has 2 amide bonds. The molecule has 0 aromatic carbocycles. The molecular formula is C23H37BN4O7S. The largest absolute Gasteiger partial charge is 0.498 e. The maximum absolute atomic E-state index is 13.3. The van der Waals surface area contributed by atoms with Gasteiger partial charge in [0.05, 0.1) is 16.5 Å². The van der Waals surface area contributed by atoms with Crippen LogP contribution in [-0.4, -0.2) is 83.6 Å². The molecule has 0 radical (unpaired) electrons. The molecule has 2 aliphatic rings. The summed E-state index contributed by atoms with van der Waals surface area (Å²) in [6, 6.07) is -0.864. The van der Waals surface area contributed by atoms with Crippen LogP contribution in [0, 0.1) is 0 Å². The Bertz CT molecular complexity index is 1070. The van der Waals surface area contributed by atoms with Gasteiger partial charge in [0.2, 0.25) is 20.9 Å². The number of carbonyl (C=O) groups is 2. The lowest BCUT2D eigenvalue weighted by atomic mass is 9.81. The lowest BCUT2D eigenvalue weighted by Gasteiger charge is -2.34. The highest BCUT2D eigenvalue weighted by Gasteiger charge is 2.52. The summed E-state index contributed by atoms with van der Waals surface area (Å²) in [6.45, 7) is 14.8. The van der Waals surface area contributed by atoms with Crippen LogP contribution in [0.4, 0.5) is 4.79 Å². The number of aromatic nitrogens is 2. The normalized spacial score (nSPS) is 22.7. The molecule has 1 aromatic rings. The fourth-order valence-electron chi connectivity index (χ4n) is 3.93. The second kappa shape index (κ2) is 9.90. The van der Waals surface area contributed by atoms with Crippen LogP contribution in [0.15, 0.2) is 17.6 Å². The smallest absolute Gasteiger partial charge is 0.444 e. The first-order valence-corrected chi connectivity index (χ1v) is 13.7. The number of carbonyl (C=O) groups excluding carboxylic acids is 2. The number of ether oxygens (including phenoxy) is 1. The van der Waals surface area contributed by atoms with Gasteiger partial charge in [-0.2, -0.15) is 0 Å². The molecule has 0 spiro atoms. The third-order valence-corrected chi connectivity index (χ3v) is 8.64. The molecule has 0 aliphatic carbocycles. The van der Waals surface area contributed by atoms with Crippen LogP contribution in [0.1, 0.15) is 68.2 Å². The number of likely N-dealkylation sites (tertiary alicyclic amines) is 1. The molecule has 2 fully saturated rings. The number of hydrogen-bond donors (Lipinski definition) is 1. The highest BCUT2D eigenvalue weighted by atomic mass is 32.2. The number of rotatable bonds is 5. The summed E-state index contributed by atoms with van der Waals surface area (Å²) in [4.78, 5) is 34.6. The molecule has 2 atom stereocenters. The third kappa shape index (κ3) is 6.17. The van der Waals surface area contributed by atoms with E-state index in [4.69, 9.17) is 14.0 Å². The molecular weight excluding hydrogens is 487 g/mol. The first-order chi connectivity index (χ1) is 16.4. The van der Waals surface area contributed by atoms with Gasteiger partial charge in [-0.15, -0.1) is 0 Å². The monoisotopic (exact) mass is 524 g/mol. The molecule has 1 unspecified atom stereocenters. The molecule has 3 rings (SSSR count). The van der Waals surface area contributed by atoms with Crippen LogP contribution < -0.4 is 10.8 Å². The second-order valence-corrected chi connectivity index (χ2v) is 13.5. The topological polar surface area (TPSA) is 137 Å². The molecule has 0 bridgehead atoms. The average molecular weight is 524 g/mol. The predicted octanol–water partition coefficient (Wildman–Crippen LogP) is 1.45. The van der Waals surface area contributed by atoms with Crippen LogP contribution in [0.25, 0.3) is 0 Å². The molecule has 13 heteroatoms. The maximum Gasteiger partial charge on any atom is 0.498 e. The first kappa shape index (κ1) is 28.3. The summed E-state index contributed by atoms with van der Waals surface area (Å²) in [6.07, 6.45) is 2.98. The van der Waals surface area contributed by atoms with Crippen LogP contribution in [0.5, 0.6) is 0 Å². The number of hydrogen-bond acceptors (Lipinski definition) is 9. The van der Waals surface area contributed by atoms with Crippen LogP contribution in [-0.2, 0) is 28.7 Å². The first-order valence-electron chi connectivity index (χ1n) is 12.1. The standard InChI is InChI=1S/C23H37BN4O7S/c1-15(27-20(30)33-21(2,3)4)18(29)28-11-9-10-17(14-28)36(31,32)19-25-12-16(13-26-19)24-34-22(5,6)23(7,8)35-24/h12-13,15,17H,9-11,14H2,1-8H3,(H,27,30)/t15?,17-/m1/s1. The molecule has 200 valence electrons. The lowest BCUT2D eigenvalue weighted by Crippen LogP contribution is -2.52. The quantitative estimate of drug-likeness (QED) is 0.448. The number of nitrogens with zero attached hydrogens (tertiary/aromatic N) is 3. The number of alkyl carbamates (subject to hydrolysis) is 1. The van der Waals surface area contributed by atoms with E-state index in [0.29, 0.717) is 24.8 Å². The SMILES string of the molecule is CC(NC(=O)OC(C)(C)C)C(=O)N1CCC[C@@H](S(=O)(=O)c2ncc(B3OC(C)(C)C(C)(C)O3)cn2)C1. The molecule has 11 nitrogen and oxygen atoms in total. The molecule has 36 heavy (non-hydrogen) atoms. The Kier molecular flexibility index (Phi) is 7.79. The van der Waals surface area contributed by atoms with E-state index >= 15 is 0 Å². The van der Waals surface area contributed by atoms with Gasteiger partial charge in [-0.25, -0.2) is 23.2 Å². The fraction of sp³-hybridized carbons (Fsp3) is 0.739. The van der Waals surface area contributed by atoms with E-state index in [1.165, 1.54) is 17.3 Å². The summed E-state index contributed by atoms with van der Waals surface area (Å²) in [5, 5.41) is 1.35. The molecule has 2 aliphatic heterocycles. The Hall–Kier alpha value is -2.25. The highest BCUT2D eigenvalue weighted by Crippen LogP contribution is 2.36. The summed E-state index contributed by atoms with van der Waals surface area (Å²) in [7, 11) is -4.60. The minimum absolute atomic E-state index is 0.0101. The van der Waals surface area contributed by atoms with E-state index in [1.807, 2.05) is 27.7 Å². The molecule has 1 N–H and O–H groups in total. The Morgan fingerprint density at radius 2 is 1.72 bits per heavy atom. The van der Waals surface area contributed by atoms with Crippen molar-refractivity contribution in [3.8, 4) is 0 Å². The second-order valence-electron chi connectivity index (χ2n) is 11.3. The number of piperidine rings is 1. The van der Waals surface area contributed by atoms with Crippen molar-refractivity contribution in [1.82, 2.24) is 20.2 Å². The van der Waals surface area contributed by atoms with Crippen molar-refractivity contribution in [2.75, 3.05) is 13.1 Å². The van der Waals surface area contributed by atoms with Crippen LogP contribution >= 0.6 is 0 Å². The fourth-order valence-corrected chi connectivity index (χ4v) is 5.49. The Morgan fingerprint density at radius 1 is 1.17 bits per heavy atom. The molecule has 3 heterocycles. The number of sulfone groups is 1. The maximum atomic E-state index is 13.3. The van der Waals surface area contributed by atoms with Gasteiger partial charge in [-0.3, -0.25) is 4.79 Å². The Balaban J connectivity index is 1.66. The minimum atomic E-state index is -3.90. The van der Waals surface area contributed by atoms with Gasteiger partial charge in [0.25, 0.3) is 0 Å². The lowest BCUT2D eigenvalue weighted by molar-refractivity contribution is -0.133.